The molecule has 0 saturated heterocycles. The number of fused-ring (bicyclic) bond motifs is 1. The third-order valence-electron chi connectivity index (χ3n) is 4.57. The Balaban J connectivity index is 1.78. The van der Waals surface area contributed by atoms with Gasteiger partial charge in [0.15, 0.2) is 0 Å². The molecule has 0 radical (unpaired) electrons. The Morgan fingerprint density at radius 1 is 0.958 bits per heavy atom. The number of rotatable bonds is 2. The van der Waals surface area contributed by atoms with E-state index in [0.29, 0.717) is 16.8 Å². The third kappa shape index (κ3) is 2.82. The molecule has 122 valence electrons. The van der Waals surface area contributed by atoms with Gasteiger partial charge >= 0.3 is 0 Å². The van der Waals surface area contributed by atoms with Crippen molar-refractivity contribution in [1.29, 1.82) is 0 Å². The van der Waals surface area contributed by atoms with Crippen molar-refractivity contribution >= 4 is 11.6 Å². The fraction of sp³-hybridized carbons (Fsp3) is 0.316. The minimum Gasteiger partial charge on any atom is -0.416 e. The second-order valence-corrected chi connectivity index (χ2v) is 6.64. The van der Waals surface area contributed by atoms with E-state index in [4.69, 9.17) is 16.0 Å². The molecule has 0 spiro atoms. The second kappa shape index (κ2) is 6.36. The first-order chi connectivity index (χ1) is 11.7. The highest BCUT2D eigenvalue weighted by Crippen LogP contribution is 2.33. The maximum Gasteiger partial charge on any atom is 0.250 e. The molecule has 0 fully saturated rings. The number of benzene rings is 1. The van der Waals surface area contributed by atoms with Crippen molar-refractivity contribution in [3.05, 3.63) is 52.3 Å². The zero-order valence-corrected chi connectivity index (χ0v) is 14.3. The smallest absolute Gasteiger partial charge is 0.250 e. The van der Waals surface area contributed by atoms with Gasteiger partial charge in [0.25, 0.3) is 0 Å². The number of pyridine rings is 1. The topological polar surface area (TPSA) is 51.8 Å². The van der Waals surface area contributed by atoms with Crippen LogP contribution in [0.25, 0.3) is 22.9 Å². The lowest BCUT2D eigenvalue weighted by Crippen LogP contribution is -2.00. The second-order valence-electron chi connectivity index (χ2n) is 6.20. The van der Waals surface area contributed by atoms with Crippen molar-refractivity contribution in [3.8, 4) is 22.9 Å². The third-order valence-corrected chi connectivity index (χ3v) is 4.82. The first kappa shape index (κ1) is 15.3. The molecular formula is C19H18ClN3O. The Morgan fingerprint density at radius 2 is 1.71 bits per heavy atom. The molecule has 1 aromatic carbocycles. The molecule has 2 heterocycles. The number of aromatic nitrogens is 3. The maximum absolute atomic E-state index is 5.98. The van der Waals surface area contributed by atoms with Gasteiger partial charge in [-0.15, -0.1) is 10.2 Å². The number of halogens is 1. The maximum atomic E-state index is 5.98. The first-order valence-corrected chi connectivity index (χ1v) is 8.67. The van der Waals surface area contributed by atoms with Crippen LogP contribution in [0.5, 0.6) is 0 Å². The molecule has 5 heteroatoms. The van der Waals surface area contributed by atoms with E-state index in [9.17, 15) is 0 Å². The molecule has 2 aromatic heterocycles. The van der Waals surface area contributed by atoms with E-state index in [1.54, 1.807) is 0 Å². The summed E-state index contributed by atoms with van der Waals surface area (Å²) in [5, 5.41) is 9.20. The zero-order valence-electron chi connectivity index (χ0n) is 13.6. The van der Waals surface area contributed by atoms with Gasteiger partial charge in [-0.05, 0) is 68.0 Å². The largest absolute Gasteiger partial charge is 0.416 e. The average Bonchev–Trinajstić information content (AvgIpc) is 2.94. The molecule has 0 aliphatic heterocycles. The van der Waals surface area contributed by atoms with Crippen LogP contribution in [0, 0.1) is 6.92 Å². The molecule has 0 unspecified atom stereocenters. The summed E-state index contributed by atoms with van der Waals surface area (Å²) in [4.78, 5) is 4.56. The Labute approximate surface area is 145 Å². The molecular weight excluding hydrogens is 322 g/mol. The van der Waals surface area contributed by atoms with Gasteiger partial charge in [-0.25, -0.2) is 0 Å². The van der Waals surface area contributed by atoms with Crippen molar-refractivity contribution in [2.45, 2.75) is 39.0 Å². The Bertz CT molecular complexity index is 871. The zero-order chi connectivity index (χ0) is 16.5. The van der Waals surface area contributed by atoms with Crippen LogP contribution in [0.15, 0.2) is 34.9 Å². The highest BCUT2D eigenvalue weighted by atomic mass is 35.5. The molecule has 3 aromatic rings. The molecule has 4 nitrogen and oxygen atoms in total. The molecule has 0 saturated carbocycles. The van der Waals surface area contributed by atoms with Gasteiger partial charge in [-0.2, -0.15) is 0 Å². The van der Waals surface area contributed by atoms with Crippen LogP contribution in [0.2, 0.25) is 5.02 Å². The molecule has 0 amide bonds. The molecule has 0 N–H and O–H groups in total. The van der Waals surface area contributed by atoms with E-state index in [1.165, 1.54) is 30.4 Å². The average molecular weight is 340 g/mol. The van der Waals surface area contributed by atoms with Gasteiger partial charge in [0, 0.05) is 16.8 Å². The summed E-state index contributed by atoms with van der Waals surface area (Å²) in [5.74, 6) is 1.07. The predicted octanol–water partition coefficient (Wildman–Crippen LogP) is 5.03. The van der Waals surface area contributed by atoms with E-state index in [0.717, 1.165) is 29.7 Å². The minimum atomic E-state index is 0.507. The van der Waals surface area contributed by atoms with E-state index >= 15 is 0 Å². The highest BCUT2D eigenvalue weighted by Gasteiger charge is 2.21. The number of hydrogen-bond donors (Lipinski definition) is 0. The van der Waals surface area contributed by atoms with E-state index in [-0.39, 0.29) is 0 Å². The Morgan fingerprint density at radius 3 is 2.54 bits per heavy atom. The summed E-state index contributed by atoms with van der Waals surface area (Å²) < 4.78 is 5.98. The monoisotopic (exact) mass is 339 g/mol. The molecule has 1 aliphatic rings. The van der Waals surface area contributed by atoms with Gasteiger partial charge in [-0.1, -0.05) is 18.0 Å². The van der Waals surface area contributed by atoms with Crippen molar-refractivity contribution in [1.82, 2.24) is 15.2 Å². The van der Waals surface area contributed by atoms with Gasteiger partial charge in [0.2, 0.25) is 11.8 Å². The van der Waals surface area contributed by atoms with Crippen LogP contribution in [0.1, 0.15) is 36.1 Å². The SMILES string of the molecule is Cc1ncc2c(c1-c1nnc(-c3ccc(Cl)cc3)o1)CCCCC2. The van der Waals surface area contributed by atoms with E-state index in [1.807, 2.05) is 37.4 Å². The summed E-state index contributed by atoms with van der Waals surface area (Å²) in [6, 6.07) is 7.41. The summed E-state index contributed by atoms with van der Waals surface area (Å²) in [5.41, 5.74) is 5.47. The van der Waals surface area contributed by atoms with Gasteiger partial charge in [0.1, 0.15) is 0 Å². The Kier molecular flexibility index (Phi) is 4.07. The lowest BCUT2D eigenvalue weighted by Gasteiger charge is -2.11. The molecule has 1 aliphatic carbocycles. The molecule has 24 heavy (non-hydrogen) atoms. The van der Waals surface area contributed by atoms with Crippen LogP contribution < -0.4 is 0 Å². The van der Waals surface area contributed by atoms with Crippen LogP contribution in [-0.4, -0.2) is 15.2 Å². The highest BCUT2D eigenvalue weighted by molar-refractivity contribution is 6.30. The molecule has 0 bridgehead atoms. The lowest BCUT2D eigenvalue weighted by atomic mass is 9.97. The molecule has 0 atom stereocenters. The van der Waals surface area contributed by atoms with Crippen molar-refractivity contribution in [2.75, 3.05) is 0 Å². The fourth-order valence-electron chi connectivity index (χ4n) is 3.31. The number of aryl methyl sites for hydroxylation is 2. The summed E-state index contributed by atoms with van der Waals surface area (Å²) in [6.45, 7) is 2.01. The quantitative estimate of drug-likeness (QED) is 0.614. The fourth-order valence-corrected chi connectivity index (χ4v) is 3.43. The summed E-state index contributed by atoms with van der Waals surface area (Å²) in [7, 11) is 0. The summed E-state index contributed by atoms with van der Waals surface area (Å²) >= 11 is 5.94. The molecule has 4 rings (SSSR count). The van der Waals surface area contributed by atoms with Crippen molar-refractivity contribution < 1.29 is 4.42 Å². The van der Waals surface area contributed by atoms with Gasteiger partial charge in [0.05, 0.1) is 11.3 Å². The van der Waals surface area contributed by atoms with Crippen molar-refractivity contribution in [3.63, 3.8) is 0 Å². The Hall–Kier alpha value is -2.20. The van der Waals surface area contributed by atoms with E-state index in [2.05, 4.69) is 15.2 Å². The summed E-state index contributed by atoms with van der Waals surface area (Å²) in [6.07, 6.45) is 7.81. The van der Waals surface area contributed by atoms with Crippen LogP contribution >= 0.6 is 11.6 Å². The van der Waals surface area contributed by atoms with Crippen LogP contribution in [0.4, 0.5) is 0 Å². The number of nitrogens with zero attached hydrogens (tertiary/aromatic N) is 3. The predicted molar refractivity (Wildman–Crippen MR) is 94.0 cm³/mol. The van der Waals surface area contributed by atoms with Gasteiger partial charge < -0.3 is 4.42 Å². The van der Waals surface area contributed by atoms with E-state index < -0.39 is 0 Å². The van der Waals surface area contributed by atoms with Crippen molar-refractivity contribution in [2.24, 2.45) is 0 Å². The van der Waals surface area contributed by atoms with Gasteiger partial charge in [-0.3, -0.25) is 4.98 Å². The van der Waals surface area contributed by atoms with Crippen LogP contribution in [0.3, 0.4) is 0 Å². The standard InChI is InChI=1S/C19H18ClN3O/c1-12-17(16-6-4-2-3-5-14(16)11-21-12)19-23-22-18(24-19)13-7-9-15(20)10-8-13/h7-11H,2-6H2,1H3. The minimum absolute atomic E-state index is 0.507. The number of hydrogen-bond acceptors (Lipinski definition) is 4. The first-order valence-electron chi connectivity index (χ1n) is 8.29. The normalized spacial score (nSPS) is 14.2. The van der Waals surface area contributed by atoms with Crippen LogP contribution in [-0.2, 0) is 12.8 Å². The lowest BCUT2D eigenvalue weighted by molar-refractivity contribution is 0.582.